The highest BCUT2D eigenvalue weighted by molar-refractivity contribution is 6.32. The van der Waals surface area contributed by atoms with E-state index >= 15 is 0 Å². The Labute approximate surface area is 111 Å². The molecule has 0 radical (unpaired) electrons. The Bertz CT molecular complexity index is 632. The van der Waals surface area contributed by atoms with Gasteiger partial charge in [-0.05, 0) is 18.2 Å². The molecule has 1 aliphatic rings. The lowest BCUT2D eigenvalue weighted by Crippen LogP contribution is -2.29. The van der Waals surface area contributed by atoms with Gasteiger partial charge in [0.25, 0.3) is 11.8 Å². The molecule has 2 aromatic rings. The number of carbonyl (C=O) groups is 2. The lowest BCUT2D eigenvalue weighted by molar-refractivity contribution is 0.0640. The number of hydrogen-bond acceptors (Lipinski definition) is 3. The molecule has 2 amide bonds. The smallest absolute Gasteiger partial charge is 0.261 e. The summed E-state index contributed by atoms with van der Waals surface area (Å²) in [5.41, 5.74) is 2.70. The Morgan fingerprint density at radius 1 is 1.00 bits per heavy atom. The molecular formula is C14H11BN2O2. The van der Waals surface area contributed by atoms with Crippen molar-refractivity contribution in [2.24, 2.45) is 0 Å². The molecule has 5 heteroatoms. The van der Waals surface area contributed by atoms with E-state index in [1.54, 1.807) is 30.5 Å². The van der Waals surface area contributed by atoms with Crippen molar-refractivity contribution < 1.29 is 9.59 Å². The highest BCUT2D eigenvalue weighted by Crippen LogP contribution is 2.23. The fourth-order valence-electron chi connectivity index (χ4n) is 2.14. The molecule has 92 valence electrons. The van der Waals surface area contributed by atoms with Crippen LogP contribution in [0.2, 0.25) is 0 Å². The first-order chi connectivity index (χ1) is 9.16. The number of rotatable bonds is 2. The van der Waals surface area contributed by atoms with Gasteiger partial charge in [0.2, 0.25) is 0 Å². The van der Waals surface area contributed by atoms with E-state index in [1.165, 1.54) is 4.90 Å². The average molecular weight is 250 g/mol. The second-order valence-electron chi connectivity index (χ2n) is 4.57. The first-order valence-electron chi connectivity index (χ1n) is 6.03. The zero-order chi connectivity index (χ0) is 13.4. The first kappa shape index (κ1) is 11.7. The average Bonchev–Trinajstić information content (AvgIpc) is 2.67. The van der Waals surface area contributed by atoms with E-state index in [0.29, 0.717) is 16.8 Å². The molecule has 1 aromatic heterocycles. The molecule has 0 fully saturated rings. The summed E-state index contributed by atoms with van der Waals surface area (Å²) in [6, 6.07) is 10.6. The van der Waals surface area contributed by atoms with Crippen molar-refractivity contribution in [3.8, 4) is 0 Å². The number of benzene rings is 1. The van der Waals surface area contributed by atoms with Crippen LogP contribution in [0.25, 0.3) is 0 Å². The lowest BCUT2D eigenvalue weighted by atomic mass is 9.99. The van der Waals surface area contributed by atoms with E-state index in [9.17, 15) is 9.59 Å². The van der Waals surface area contributed by atoms with Crippen LogP contribution in [0.1, 0.15) is 26.4 Å². The second-order valence-corrected chi connectivity index (χ2v) is 4.57. The fraction of sp³-hybridized carbons (Fsp3) is 0.0714. The SMILES string of the molecule is Bc1ccc(CN2C(=O)c3ccccc3C2=O)nc1. The van der Waals surface area contributed by atoms with Crippen LogP contribution in [0, 0.1) is 0 Å². The lowest BCUT2D eigenvalue weighted by Gasteiger charge is -2.13. The van der Waals surface area contributed by atoms with Gasteiger partial charge in [0.1, 0.15) is 7.85 Å². The van der Waals surface area contributed by atoms with Crippen LogP contribution in [-0.4, -0.2) is 29.5 Å². The van der Waals surface area contributed by atoms with Crippen LogP contribution >= 0.6 is 0 Å². The minimum atomic E-state index is -0.247. The minimum Gasteiger partial charge on any atom is -0.269 e. The second kappa shape index (κ2) is 4.35. The van der Waals surface area contributed by atoms with Crippen molar-refractivity contribution in [2.45, 2.75) is 6.54 Å². The molecule has 1 aliphatic heterocycles. The highest BCUT2D eigenvalue weighted by Gasteiger charge is 2.35. The standard InChI is InChI=1S/C14H11BN2O2/c15-9-5-6-10(16-7-9)8-17-13(18)11-3-1-2-4-12(11)14(17)19/h1-7H,8,15H2. The Kier molecular flexibility index (Phi) is 2.67. The number of amides is 2. The highest BCUT2D eigenvalue weighted by atomic mass is 16.2. The van der Waals surface area contributed by atoms with E-state index in [2.05, 4.69) is 4.98 Å². The van der Waals surface area contributed by atoms with Gasteiger partial charge >= 0.3 is 0 Å². The molecule has 0 N–H and O–H groups in total. The van der Waals surface area contributed by atoms with Crippen LogP contribution in [0.15, 0.2) is 42.6 Å². The number of hydrogen-bond donors (Lipinski definition) is 0. The third-order valence-electron chi connectivity index (χ3n) is 3.17. The summed E-state index contributed by atoms with van der Waals surface area (Å²) in [5, 5.41) is 0. The quantitative estimate of drug-likeness (QED) is 0.562. The summed E-state index contributed by atoms with van der Waals surface area (Å²) in [7, 11) is 1.94. The van der Waals surface area contributed by atoms with Gasteiger partial charge in [-0.2, -0.15) is 0 Å². The first-order valence-corrected chi connectivity index (χ1v) is 6.03. The maximum atomic E-state index is 12.2. The van der Waals surface area contributed by atoms with Crippen LogP contribution < -0.4 is 5.46 Å². The number of nitrogens with zero attached hydrogens (tertiary/aromatic N) is 2. The van der Waals surface area contributed by atoms with Crippen molar-refractivity contribution in [2.75, 3.05) is 0 Å². The number of pyridine rings is 1. The molecule has 0 spiro atoms. The van der Waals surface area contributed by atoms with Crippen molar-refractivity contribution in [1.82, 2.24) is 9.88 Å². The van der Waals surface area contributed by atoms with E-state index < -0.39 is 0 Å². The molecule has 19 heavy (non-hydrogen) atoms. The topological polar surface area (TPSA) is 50.3 Å². The maximum Gasteiger partial charge on any atom is 0.261 e. The monoisotopic (exact) mass is 250 g/mol. The molecule has 0 aliphatic carbocycles. The predicted molar refractivity (Wildman–Crippen MR) is 73.1 cm³/mol. The Morgan fingerprint density at radius 2 is 1.63 bits per heavy atom. The predicted octanol–water partition coefficient (Wildman–Crippen LogP) is 0.136. The van der Waals surface area contributed by atoms with Crippen LogP contribution in [-0.2, 0) is 6.54 Å². The number of imide groups is 1. The molecule has 0 saturated heterocycles. The largest absolute Gasteiger partial charge is 0.269 e. The van der Waals surface area contributed by atoms with Gasteiger partial charge in [-0.1, -0.05) is 23.7 Å². The van der Waals surface area contributed by atoms with Crippen LogP contribution in [0.5, 0.6) is 0 Å². The van der Waals surface area contributed by atoms with Gasteiger partial charge in [0, 0.05) is 6.20 Å². The van der Waals surface area contributed by atoms with E-state index in [4.69, 9.17) is 0 Å². The summed E-state index contributed by atoms with van der Waals surface area (Å²) < 4.78 is 0. The van der Waals surface area contributed by atoms with Crippen molar-refractivity contribution in [3.05, 3.63) is 59.4 Å². The number of aromatic nitrogens is 1. The third kappa shape index (κ3) is 1.93. The van der Waals surface area contributed by atoms with Gasteiger partial charge < -0.3 is 0 Å². The maximum absolute atomic E-state index is 12.2. The zero-order valence-electron chi connectivity index (χ0n) is 10.5. The molecule has 3 rings (SSSR count). The molecule has 4 nitrogen and oxygen atoms in total. The summed E-state index contributed by atoms with van der Waals surface area (Å²) in [5.74, 6) is -0.494. The molecule has 0 atom stereocenters. The molecule has 0 unspecified atom stereocenters. The Morgan fingerprint density at radius 3 is 2.16 bits per heavy atom. The molecule has 0 bridgehead atoms. The number of fused-ring (bicyclic) bond motifs is 1. The van der Waals surface area contributed by atoms with Crippen molar-refractivity contribution in [3.63, 3.8) is 0 Å². The van der Waals surface area contributed by atoms with Crippen molar-refractivity contribution >= 4 is 25.1 Å². The van der Waals surface area contributed by atoms with Gasteiger partial charge in [0.15, 0.2) is 0 Å². The summed E-state index contributed by atoms with van der Waals surface area (Å²) >= 11 is 0. The minimum absolute atomic E-state index is 0.215. The summed E-state index contributed by atoms with van der Waals surface area (Å²) in [6.07, 6.45) is 1.73. The van der Waals surface area contributed by atoms with Gasteiger partial charge in [-0.3, -0.25) is 19.5 Å². The fourth-order valence-corrected chi connectivity index (χ4v) is 2.14. The van der Waals surface area contributed by atoms with E-state index in [-0.39, 0.29) is 18.4 Å². The Balaban J connectivity index is 1.90. The molecule has 0 saturated carbocycles. The zero-order valence-corrected chi connectivity index (χ0v) is 10.5. The van der Waals surface area contributed by atoms with Gasteiger partial charge in [-0.15, -0.1) is 0 Å². The van der Waals surface area contributed by atoms with Crippen molar-refractivity contribution in [1.29, 1.82) is 0 Å². The third-order valence-corrected chi connectivity index (χ3v) is 3.17. The van der Waals surface area contributed by atoms with E-state index in [0.717, 1.165) is 5.46 Å². The normalized spacial score (nSPS) is 13.8. The number of carbonyl (C=O) groups excluding carboxylic acids is 2. The van der Waals surface area contributed by atoms with E-state index in [1.807, 2.05) is 20.0 Å². The Hall–Kier alpha value is -2.43. The van der Waals surface area contributed by atoms with Gasteiger partial charge in [0.05, 0.1) is 23.4 Å². The molecular weight excluding hydrogens is 239 g/mol. The summed E-state index contributed by atoms with van der Waals surface area (Å²) in [4.78, 5) is 29.8. The summed E-state index contributed by atoms with van der Waals surface area (Å²) in [6.45, 7) is 0.215. The van der Waals surface area contributed by atoms with Gasteiger partial charge in [-0.25, -0.2) is 0 Å². The molecule has 2 heterocycles. The van der Waals surface area contributed by atoms with Crippen LogP contribution in [0.4, 0.5) is 0 Å². The van der Waals surface area contributed by atoms with Crippen LogP contribution in [0.3, 0.4) is 0 Å². The molecule has 1 aromatic carbocycles.